The molecule has 0 amide bonds. The van der Waals surface area contributed by atoms with Gasteiger partial charge in [-0.1, -0.05) is 115 Å². The zero-order valence-corrected chi connectivity index (χ0v) is 19.9. The summed E-state index contributed by atoms with van der Waals surface area (Å²) in [6.45, 7) is 0. The second kappa shape index (κ2) is 8.91. The Kier molecular flexibility index (Phi) is 5.45. The van der Waals surface area contributed by atoms with Crippen LogP contribution in [0.1, 0.15) is 0 Å². The van der Waals surface area contributed by atoms with Crippen LogP contribution in [0.5, 0.6) is 11.5 Å². The Labute approximate surface area is 204 Å². The van der Waals surface area contributed by atoms with Gasteiger partial charge >= 0.3 is 0 Å². The lowest BCUT2D eigenvalue weighted by molar-refractivity contribution is 0.486. The molecular weight excluding hydrogens is 447 g/mol. The maximum absolute atomic E-state index is 15.8. The predicted molar refractivity (Wildman–Crippen MR) is 147 cm³/mol. The van der Waals surface area contributed by atoms with Gasteiger partial charge in [-0.05, 0) is 45.8 Å². The van der Waals surface area contributed by atoms with Gasteiger partial charge in [-0.25, -0.2) is 0 Å². The zero-order chi connectivity index (χ0) is 23.7. The number of hydrogen-bond acceptors (Lipinski definition) is 2. The quantitative estimate of drug-likeness (QED) is 0.245. The Bertz CT molecular complexity index is 1610. The van der Waals surface area contributed by atoms with E-state index in [-0.39, 0.29) is 0 Å². The second-order valence-corrected chi connectivity index (χ2v) is 11.2. The summed E-state index contributed by atoms with van der Waals surface area (Å²) in [6.07, 6.45) is 0. The molecule has 0 saturated carbocycles. The van der Waals surface area contributed by atoms with Crippen LogP contribution < -0.4 is 20.7 Å². The summed E-state index contributed by atoms with van der Waals surface area (Å²) < 4.78 is 22.1. The molecule has 6 aromatic rings. The number of ether oxygens (including phenoxy) is 1. The smallest absolute Gasteiger partial charge is 0.175 e. The third-order valence-electron chi connectivity index (χ3n) is 6.39. The molecular formula is C32H23O2P. The molecule has 3 heteroatoms. The van der Waals surface area contributed by atoms with Gasteiger partial charge in [0.15, 0.2) is 7.14 Å². The third-order valence-corrected chi connectivity index (χ3v) is 9.57. The molecule has 0 aliphatic rings. The van der Waals surface area contributed by atoms with Crippen molar-refractivity contribution in [2.75, 3.05) is 0 Å². The van der Waals surface area contributed by atoms with E-state index in [9.17, 15) is 0 Å². The first kappa shape index (κ1) is 21.4. The third kappa shape index (κ3) is 3.73. The Morgan fingerprint density at radius 3 is 1.51 bits per heavy atom. The molecule has 0 saturated heterocycles. The van der Waals surface area contributed by atoms with Gasteiger partial charge in [0.2, 0.25) is 0 Å². The first-order valence-electron chi connectivity index (χ1n) is 11.6. The fourth-order valence-electron chi connectivity index (χ4n) is 4.77. The zero-order valence-electron chi connectivity index (χ0n) is 19.0. The number of hydrogen-bond donors (Lipinski definition) is 0. The molecule has 6 aromatic carbocycles. The molecule has 168 valence electrons. The van der Waals surface area contributed by atoms with Gasteiger partial charge in [0.1, 0.15) is 11.5 Å². The molecule has 0 radical (unpaired) electrons. The summed E-state index contributed by atoms with van der Waals surface area (Å²) >= 11 is 0. The highest BCUT2D eigenvalue weighted by Crippen LogP contribution is 2.48. The number of rotatable bonds is 5. The molecule has 0 bridgehead atoms. The topological polar surface area (TPSA) is 26.3 Å². The first-order valence-corrected chi connectivity index (χ1v) is 13.3. The fourth-order valence-corrected chi connectivity index (χ4v) is 7.96. The largest absolute Gasteiger partial charge is 0.457 e. The van der Waals surface area contributed by atoms with E-state index in [2.05, 4.69) is 36.4 Å². The highest BCUT2D eigenvalue weighted by Gasteiger charge is 2.35. The lowest BCUT2D eigenvalue weighted by atomic mass is 10.1. The molecule has 0 spiro atoms. The van der Waals surface area contributed by atoms with Gasteiger partial charge in [-0.15, -0.1) is 0 Å². The van der Waals surface area contributed by atoms with Gasteiger partial charge in [-0.2, -0.15) is 0 Å². The summed E-state index contributed by atoms with van der Waals surface area (Å²) in [6, 6.07) is 45.8. The molecule has 0 aromatic heterocycles. The standard InChI is InChI=1S/C32H23O2P/c33-35(30-22-10-14-24-12-4-6-18-27(24)30,31-23-11-15-25-13-5-7-19-28(25)31)32-21-9-8-20-29(32)34-26-16-2-1-3-17-26/h1-23H. The van der Waals surface area contributed by atoms with Crippen molar-refractivity contribution in [1.29, 1.82) is 0 Å². The molecule has 6 rings (SSSR count). The van der Waals surface area contributed by atoms with Gasteiger partial charge < -0.3 is 9.30 Å². The van der Waals surface area contributed by atoms with Gasteiger partial charge in [0, 0.05) is 10.6 Å². The maximum Gasteiger partial charge on any atom is 0.175 e. The van der Waals surface area contributed by atoms with E-state index in [1.165, 1.54) is 0 Å². The summed E-state index contributed by atoms with van der Waals surface area (Å²) in [7, 11) is -3.37. The normalized spacial score (nSPS) is 11.5. The van der Waals surface area contributed by atoms with Crippen LogP contribution in [0.25, 0.3) is 21.5 Å². The van der Waals surface area contributed by atoms with E-state index in [0.717, 1.165) is 32.2 Å². The summed E-state index contributed by atoms with van der Waals surface area (Å²) in [5, 5.41) is 6.42. The van der Waals surface area contributed by atoms with Crippen LogP contribution >= 0.6 is 7.14 Å². The Morgan fingerprint density at radius 1 is 0.429 bits per heavy atom. The van der Waals surface area contributed by atoms with Crippen molar-refractivity contribution in [1.82, 2.24) is 0 Å². The van der Waals surface area contributed by atoms with E-state index in [4.69, 9.17) is 4.74 Å². The van der Waals surface area contributed by atoms with Crippen molar-refractivity contribution in [3.05, 3.63) is 140 Å². The van der Waals surface area contributed by atoms with Gasteiger partial charge in [0.05, 0.1) is 5.30 Å². The molecule has 0 atom stereocenters. The van der Waals surface area contributed by atoms with Crippen LogP contribution in [0.4, 0.5) is 0 Å². The molecule has 0 aliphatic carbocycles. The van der Waals surface area contributed by atoms with E-state index in [1.807, 2.05) is 103 Å². The minimum Gasteiger partial charge on any atom is -0.457 e. The monoisotopic (exact) mass is 470 g/mol. The van der Waals surface area contributed by atoms with E-state index in [1.54, 1.807) is 0 Å². The summed E-state index contributed by atoms with van der Waals surface area (Å²) in [5.41, 5.74) is 0. The van der Waals surface area contributed by atoms with Crippen molar-refractivity contribution < 1.29 is 9.30 Å². The molecule has 0 fully saturated rings. The lowest BCUT2D eigenvalue weighted by Gasteiger charge is -2.25. The Hall–Kier alpha value is -4.13. The minimum atomic E-state index is -3.37. The predicted octanol–water partition coefficient (Wildman–Crippen LogP) is 7.42. The summed E-state index contributed by atoms with van der Waals surface area (Å²) in [4.78, 5) is 0. The van der Waals surface area contributed by atoms with Crippen LogP contribution in [-0.2, 0) is 4.57 Å². The molecule has 0 unspecified atom stereocenters. The number of para-hydroxylation sites is 2. The van der Waals surface area contributed by atoms with Crippen LogP contribution in [-0.4, -0.2) is 0 Å². The van der Waals surface area contributed by atoms with Crippen molar-refractivity contribution >= 4 is 44.6 Å². The average molecular weight is 471 g/mol. The van der Waals surface area contributed by atoms with E-state index in [0.29, 0.717) is 16.8 Å². The Morgan fingerprint density at radius 2 is 0.886 bits per heavy atom. The molecule has 0 aliphatic heterocycles. The van der Waals surface area contributed by atoms with Crippen LogP contribution in [0.3, 0.4) is 0 Å². The maximum atomic E-state index is 15.8. The molecule has 0 heterocycles. The van der Waals surface area contributed by atoms with Gasteiger partial charge in [-0.3, -0.25) is 0 Å². The van der Waals surface area contributed by atoms with E-state index >= 15 is 4.57 Å². The molecule has 2 nitrogen and oxygen atoms in total. The Balaban J connectivity index is 1.70. The molecule has 0 N–H and O–H groups in total. The van der Waals surface area contributed by atoms with Crippen molar-refractivity contribution in [3.63, 3.8) is 0 Å². The van der Waals surface area contributed by atoms with Crippen LogP contribution in [0, 0.1) is 0 Å². The van der Waals surface area contributed by atoms with Crippen LogP contribution in [0.15, 0.2) is 140 Å². The number of benzene rings is 6. The SMILES string of the molecule is O=P(c1ccccc1Oc1ccccc1)(c1cccc2ccccc12)c1cccc2ccccc12. The minimum absolute atomic E-state index is 0.600. The van der Waals surface area contributed by atoms with Crippen LogP contribution in [0.2, 0.25) is 0 Å². The van der Waals surface area contributed by atoms with Crippen molar-refractivity contribution in [3.8, 4) is 11.5 Å². The highest BCUT2D eigenvalue weighted by molar-refractivity contribution is 7.86. The molecule has 35 heavy (non-hydrogen) atoms. The van der Waals surface area contributed by atoms with Crippen molar-refractivity contribution in [2.24, 2.45) is 0 Å². The lowest BCUT2D eigenvalue weighted by Crippen LogP contribution is -2.27. The number of fused-ring (bicyclic) bond motifs is 2. The average Bonchev–Trinajstić information content (AvgIpc) is 2.93. The van der Waals surface area contributed by atoms with E-state index < -0.39 is 7.14 Å². The second-order valence-electron chi connectivity index (χ2n) is 8.49. The first-order chi connectivity index (χ1) is 17.2. The van der Waals surface area contributed by atoms with Gasteiger partial charge in [0.25, 0.3) is 0 Å². The summed E-state index contributed by atoms with van der Waals surface area (Å²) in [5.74, 6) is 1.31. The highest BCUT2D eigenvalue weighted by atomic mass is 31.2. The fraction of sp³-hybridized carbons (Fsp3) is 0. The van der Waals surface area contributed by atoms with Crippen molar-refractivity contribution in [2.45, 2.75) is 0 Å².